The molecule has 0 saturated carbocycles. The van der Waals surface area contributed by atoms with E-state index in [0.717, 1.165) is 18.7 Å². The molecule has 2 heterocycles. The molecule has 0 aliphatic carbocycles. The lowest BCUT2D eigenvalue weighted by atomic mass is 10.3. The highest BCUT2D eigenvalue weighted by molar-refractivity contribution is 5.87. The van der Waals surface area contributed by atoms with Crippen molar-refractivity contribution in [1.82, 2.24) is 9.88 Å². The average Bonchev–Trinajstić information content (AvgIpc) is 2.74. The van der Waals surface area contributed by atoms with Crippen molar-refractivity contribution in [3.63, 3.8) is 0 Å². The van der Waals surface area contributed by atoms with Gasteiger partial charge in [0.1, 0.15) is 5.69 Å². The predicted molar refractivity (Wildman–Crippen MR) is 61.5 cm³/mol. The van der Waals surface area contributed by atoms with E-state index in [4.69, 9.17) is 0 Å². The Morgan fingerprint density at radius 2 is 2.47 bits per heavy atom. The fourth-order valence-electron chi connectivity index (χ4n) is 1.97. The second-order valence-corrected chi connectivity index (χ2v) is 4.18. The van der Waals surface area contributed by atoms with Gasteiger partial charge in [0.15, 0.2) is 0 Å². The van der Waals surface area contributed by atoms with Crippen molar-refractivity contribution in [2.24, 2.45) is 0 Å². The summed E-state index contributed by atoms with van der Waals surface area (Å²) in [7, 11) is 1.34. The van der Waals surface area contributed by atoms with Crippen LogP contribution in [0.1, 0.15) is 22.6 Å². The molecular weight excluding hydrogens is 220 g/mol. The lowest BCUT2D eigenvalue weighted by Gasteiger charge is -2.14. The molecule has 1 atom stereocenters. The third kappa shape index (κ3) is 3.01. The number of nitrogens with zero attached hydrogens (tertiary/aromatic N) is 2. The number of hydrogen-bond acceptors (Lipinski definition) is 5. The van der Waals surface area contributed by atoms with Crippen molar-refractivity contribution < 1.29 is 14.6 Å². The van der Waals surface area contributed by atoms with E-state index in [1.54, 1.807) is 12.1 Å². The molecule has 1 aliphatic rings. The molecule has 0 radical (unpaired) electrons. The second kappa shape index (κ2) is 5.25. The molecule has 92 valence electrons. The van der Waals surface area contributed by atoms with E-state index in [-0.39, 0.29) is 6.10 Å². The number of hydrogen-bond donors (Lipinski definition) is 1. The minimum Gasteiger partial charge on any atom is -0.464 e. The van der Waals surface area contributed by atoms with Gasteiger partial charge in [-0.1, -0.05) is 6.07 Å². The SMILES string of the molecule is COC(=O)c1cccc(CN2CC[C@H](O)C2)n1. The van der Waals surface area contributed by atoms with E-state index in [1.165, 1.54) is 7.11 Å². The number of carbonyl (C=O) groups excluding carboxylic acids is 1. The maximum absolute atomic E-state index is 11.3. The Bertz CT molecular complexity index is 408. The van der Waals surface area contributed by atoms with Gasteiger partial charge in [-0.25, -0.2) is 9.78 Å². The predicted octanol–water partition coefficient (Wildman–Crippen LogP) is 0.435. The van der Waals surface area contributed by atoms with Crippen molar-refractivity contribution in [1.29, 1.82) is 0 Å². The number of aliphatic hydroxyl groups is 1. The van der Waals surface area contributed by atoms with Crippen LogP contribution in [0.25, 0.3) is 0 Å². The minimum absolute atomic E-state index is 0.237. The zero-order valence-electron chi connectivity index (χ0n) is 9.80. The average molecular weight is 236 g/mol. The van der Waals surface area contributed by atoms with Gasteiger partial charge in [-0.2, -0.15) is 0 Å². The van der Waals surface area contributed by atoms with E-state index >= 15 is 0 Å². The van der Waals surface area contributed by atoms with Gasteiger partial charge in [0.05, 0.1) is 18.9 Å². The van der Waals surface area contributed by atoms with Crippen LogP contribution in [0, 0.1) is 0 Å². The quantitative estimate of drug-likeness (QED) is 0.771. The summed E-state index contributed by atoms with van der Waals surface area (Å²) >= 11 is 0. The van der Waals surface area contributed by atoms with Crippen molar-refractivity contribution in [3.8, 4) is 0 Å². The molecule has 1 aromatic rings. The molecule has 0 unspecified atom stereocenters. The molecule has 0 aromatic carbocycles. The van der Waals surface area contributed by atoms with Crippen LogP contribution in [0.2, 0.25) is 0 Å². The zero-order valence-corrected chi connectivity index (χ0v) is 9.80. The fraction of sp³-hybridized carbons (Fsp3) is 0.500. The topological polar surface area (TPSA) is 62.7 Å². The number of esters is 1. The van der Waals surface area contributed by atoms with Crippen LogP contribution in [0.4, 0.5) is 0 Å². The summed E-state index contributed by atoms with van der Waals surface area (Å²) < 4.78 is 4.62. The molecule has 0 amide bonds. The Morgan fingerprint density at radius 3 is 3.12 bits per heavy atom. The summed E-state index contributed by atoms with van der Waals surface area (Å²) in [4.78, 5) is 17.7. The van der Waals surface area contributed by atoms with Crippen molar-refractivity contribution in [2.75, 3.05) is 20.2 Å². The van der Waals surface area contributed by atoms with Gasteiger partial charge in [0, 0.05) is 19.6 Å². The number of β-amino-alcohol motifs (C(OH)–C–C–N with tert-alkyl or cyclic N) is 1. The first-order chi connectivity index (χ1) is 8.19. The second-order valence-electron chi connectivity index (χ2n) is 4.18. The Hall–Kier alpha value is -1.46. The summed E-state index contributed by atoms with van der Waals surface area (Å²) in [5.74, 6) is -0.423. The first-order valence-corrected chi connectivity index (χ1v) is 5.63. The van der Waals surface area contributed by atoms with Gasteiger partial charge < -0.3 is 9.84 Å². The van der Waals surface area contributed by atoms with Gasteiger partial charge in [0.2, 0.25) is 0 Å². The van der Waals surface area contributed by atoms with Gasteiger partial charge in [-0.05, 0) is 18.6 Å². The molecule has 1 fully saturated rings. The summed E-state index contributed by atoms with van der Waals surface area (Å²) in [6.45, 7) is 2.19. The zero-order chi connectivity index (χ0) is 12.3. The third-order valence-electron chi connectivity index (χ3n) is 2.83. The summed E-state index contributed by atoms with van der Waals surface area (Å²) in [5, 5.41) is 9.42. The molecule has 5 nitrogen and oxygen atoms in total. The molecule has 0 spiro atoms. The first-order valence-electron chi connectivity index (χ1n) is 5.63. The maximum Gasteiger partial charge on any atom is 0.356 e. The molecule has 5 heteroatoms. The molecular formula is C12H16N2O3. The number of methoxy groups -OCH3 is 1. The van der Waals surface area contributed by atoms with Crippen molar-refractivity contribution in [2.45, 2.75) is 19.1 Å². The summed E-state index contributed by atoms with van der Waals surface area (Å²) in [6, 6.07) is 5.30. The van der Waals surface area contributed by atoms with Gasteiger partial charge in [0.25, 0.3) is 0 Å². The molecule has 1 saturated heterocycles. The Labute approximate surface area is 100 Å². The van der Waals surface area contributed by atoms with Crippen LogP contribution >= 0.6 is 0 Å². The largest absolute Gasteiger partial charge is 0.464 e. The van der Waals surface area contributed by atoms with E-state index in [2.05, 4.69) is 14.6 Å². The molecule has 0 bridgehead atoms. The van der Waals surface area contributed by atoms with Crippen molar-refractivity contribution in [3.05, 3.63) is 29.6 Å². The molecule has 2 rings (SSSR count). The first kappa shape index (κ1) is 12.0. The number of carbonyl (C=O) groups is 1. The van der Waals surface area contributed by atoms with E-state index < -0.39 is 5.97 Å². The normalized spacial score (nSPS) is 20.5. The van der Waals surface area contributed by atoms with E-state index in [0.29, 0.717) is 18.8 Å². The van der Waals surface area contributed by atoms with E-state index in [1.807, 2.05) is 6.07 Å². The third-order valence-corrected chi connectivity index (χ3v) is 2.83. The fourth-order valence-corrected chi connectivity index (χ4v) is 1.97. The highest BCUT2D eigenvalue weighted by atomic mass is 16.5. The number of aliphatic hydroxyl groups excluding tert-OH is 1. The van der Waals surface area contributed by atoms with Crippen LogP contribution in [-0.2, 0) is 11.3 Å². The number of rotatable bonds is 3. The van der Waals surface area contributed by atoms with Crippen LogP contribution in [0.15, 0.2) is 18.2 Å². The molecule has 1 aliphatic heterocycles. The maximum atomic E-state index is 11.3. The molecule has 17 heavy (non-hydrogen) atoms. The van der Waals surface area contributed by atoms with Crippen LogP contribution in [0.3, 0.4) is 0 Å². The number of aromatic nitrogens is 1. The Morgan fingerprint density at radius 1 is 1.65 bits per heavy atom. The van der Waals surface area contributed by atoms with Gasteiger partial charge >= 0.3 is 5.97 Å². The van der Waals surface area contributed by atoms with Crippen LogP contribution in [0.5, 0.6) is 0 Å². The Balaban J connectivity index is 2.03. The van der Waals surface area contributed by atoms with Crippen LogP contribution in [-0.4, -0.2) is 47.3 Å². The monoisotopic (exact) mass is 236 g/mol. The number of ether oxygens (including phenoxy) is 1. The summed E-state index contributed by atoms with van der Waals surface area (Å²) in [6.07, 6.45) is 0.565. The van der Waals surface area contributed by atoms with Crippen molar-refractivity contribution >= 4 is 5.97 Å². The number of pyridine rings is 1. The summed E-state index contributed by atoms with van der Waals surface area (Å²) in [5.41, 5.74) is 1.15. The van der Waals surface area contributed by atoms with Gasteiger partial charge in [-0.15, -0.1) is 0 Å². The van der Waals surface area contributed by atoms with Gasteiger partial charge in [-0.3, -0.25) is 4.90 Å². The van der Waals surface area contributed by atoms with Crippen LogP contribution < -0.4 is 0 Å². The molecule has 1 N–H and O–H groups in total. The number of likely N-dealkylation sites (tertiary alicyclic amines) is 1. The Kier molecular flexibility index (Phi) is 3.71. The lowest BCUT2D eigenvalue weighted by Crippen LogP contribution is -2.22. The minimum atomic E-state index is -0.423. The highest BCUT2D eigenvalue weighted by Crippen LogP contribution is 2.12. The smallest absolute Gasteiger partial charge is 0.356 e. The molecule has 1 aromatic heterocycles. The lowest BCUT2D eigenvalue weighted by molar-refractivity contribution is 0.0593. The standard InChI is InChI=1S/C12H16N2O3/c1-17-12(16)11-4-2-3-9(13-11)7-14-6-5-10(15)8-14/h2-4,10,15H,5-8H2,1H3/t10-/m0/s1. The van der Waals surface area contributed by atoms with E-state index in [9.17, 15) is 9.90 Å². The highest BCUT2D eigenvalue weighted by Gasteiger charge is 2.20.